The average molecular weight is 596 g/mol. The molecule has 2 aromatic heterocycles. The third-order valence-electron chi connectivity index (χ3n) is 8.46. The van der Waals surface area contributed by atoms with Crippen LogP contribution in [0, 0.1) is 0 Å². The molecule has 3 saturated heterocycles. The molecule has 0 radical (unpaired) electrons. The summed E-state index contributed by atoms with van der Waals surface area (Å²) >= 11 is 6.73. The highest BCUT2D eigenvalue weighted by atomic mass is 35.5. The molecule has 0 spiro atoms. The number of anilines is 1. The number of ether oxygens (including phenoxy) is 3. The van der Waals surface area contributed by atoms with Crippen LogP contribution in [0.5, 0.6) is 11.5 Å². The SMILES string of the molecule is CCCCCOc1cc(N2CCCN(Cc3ccnc4c3c(Cl)cn4CC(=O)N3C[C@H]4C[C@@H]3CO4)C2=O)ccc1OC. The van der Waals surface area contributed by atoms with Gasteiger partial charge in [0.2, 0.25) is 5.91 Å². The van der Waals surface area contributed by atoms with Gasteiger partial charge in [-0.1, -0.05) is 31.4 Å². The first-order valence-electron chi connectivity index (χ1n) is 14.9. The van der Waals surface area contributed by atoms with Crippen LogP contribution in [0.15, 0.2) is 36.7 Å². The Morgan fingerprint density at radius 1 is 1.19 bits per heavy atom. The smallest absolute Gasteiger partial charge is 0.324 e. The summed E-state index contributed by atoms with van der Waals surface area (Å²) in [6, 6.07) is 7.63. The Hall–Kier alpha value is -3.50. The lowest BCUT2D eigenvalue weighted by Gasteiger charge is -2.36. The summed E-state index contributed by atoms with van der Waals surface area (Å²) in [5.74, 6) is 1.34. The van der Waals surface area contributed by atoms with Crippen molar-refractivity contribution < 1.29 is 23.8 Å². The molecular formula is C31H38ClN5O5. The van der Waals surface area contributed by atoms with Crippen LogP contribution in [-0.4, -0.2) is 83.4 Å². The van der Waals surface area contributed by atoms with Gasteiger partial charge in [-0.25, -0.2) is 9.78 Å². The average Bonchev–Trinajstić information content (AvgIpc) is 3.72. The maximum atomic E-state index is 13.7. The Bertz CT molecular complexity index is 1460. The molecule has 0 aliphatic carbocycles. The van der Waals surface area contributed by atoms with Crippen LogP contribution in [0.3, 0.4) is 0 Å². The van der Waals surface area contributed by atoms with Crippen molar-refractivity contribution in [1.82, 2.24) is 19.4 Å². The number of methoxy groups -OCH3 is 1. The van der Waals surface area contributed by atoms with Gasteiger partial charge in [-0.2, -0.15) is 0 Å². The minimum atomic E-state index is -0.0784. The zero-order valence-electron chi connectivity index (χ0n) is 24.3. The maximum Gasteiger partial charge on any atom is 0.324 e. The van der Waals surface area contributed by atoms with Crippen LogP contribution < -0.4 is 14.4 Å². The molecule has 6 rings (SSSR count). The molecule has 42 heavy (non-hydrogen) atoms. The lowest BCUT2D eigenvalue weighted by molar-refractivity contribution is -0.136. The van der Waals surface area contributed by atoms with Gasteiger partial charge < -0.3 is 28.6 Å². The number of rotatable bonds is 11. The summed E-state index contributed by atoms with van der Waals surface area (Å²) in [6.45, 7) is 5.81. The predicted octanol–water partition coefficient (Wildman–Crippen LogP) is 5.10. The Morgan fingerprint density at radius 2 is 2.07 bits per heavy atom. The number of nitrogens with zero attached hydrogens (tertiary/aromatic N) is 5. The monoisotopic (exact) mass is 595 g/mol. The van der Waals surface area contributed by atoms with Gasteiger partial charge in [0.15, 0.2) is 11.5 Å². The van der Waals surface area contributed by atoms with Crippen LogP contribution in [-0.2, 0) is 22.6 Å². The molecule has 3 fully saturated rings. The third kappa shape index (κ3) is 5.62. The number of urea groups is 1. The maximum absolute atomic E-state index is 13.7. The second-order valence-corrected chi connectivity index (χ2v) is 11.7. The third-order valence-corrected chi connectivity index (χ3v) is 8.75. The quantitative estimate of drug-likeness (QED) is 0.287. The van der Waals surface area contributed by atoms with Crippen molar-refractivity contribution in [3.05, 3.63) is 47.2 Å². The first-order valence-corrected chi connectivity index (χ1v) is 15.2. The molecule has 0 saturated carbocycles. The summed E-state index contributed by atoms with van der Waals surface area (Å²) in [4.78, 5) is 37.0. The van der Waals surface area contributed by atoms with E-state index in [0.717, 1.165) is 48.7 Å². The number of aromatic nitrogens is 2. The van der Waals surface area contributed by atoms with E-state index in [1.165, 1.54) is 0 Å². The van der Waals surface area contributed by atoms with E-state index in [1.807, 2.05) is 38.6 Å². The van der Waals surface area contributed by atoms with Crippen molar-refractivity contribution in [1.29, 1.82) is 0 Å². The fourth-order valence-electron chi connectivity index (χ4n) is 6.28. The Balaban J connectivity index is 1.18. The van der Waals surface area contributed by atoms with Gasteiger partial charge in [0, 0.05) is 55.7 Å². The second kappa shape index (κ2) is 12.4. The van der Waals surface area contributed by atoms with Gasteiger partial charge in [0.25, 0.3) is 0 Å². The van der Waals surface area contributed by atoms with Crippen LogP contribution in [0.1, 0.15) is 44.6 Å². The van der Waals surface area contributed by atoms with Crippen LogP contribution in [0.2, 0.25) is 5.02 Å². The zero-order chi connectivity index (χ0) is 29.2. The molecule has 3 aromatic rings. The Labute approximate surface area is 251 Å². The number of halogens is 1. The Morgan fingerprint density at radius 3 is 2.83 bits per heavy atom. The number of fused-ring (bicyclic) bond motifs is 3. The molecule has 224 valence electrons. The van der Waals surface area contributed by atoms with Crippen LogP contribution in [0.4, 0.5) is 10.5 Å². The van der Waals surface area contributed by atoms with Crippen molar-refractivity contribution in [2.24, 2.45) is 0 Å². The number of amides is 3. The first kappa shape index (κ1) is 28.6. The van der Waals surface area contributed by atoms with E-state index in [2.05, 4.69) is 11.9 Å². The fourth-order valence-corrected chi connectivity index (χ4v) is 6.60. The predicted molar refractivity (Wildman–Crippen MR) is 160 cm³/mol. The molecular weight excluding hydrogens is 558 g/mol. The number of unbranched alkanes of at least 4 members (excludes halogenated alkanes) is 2. The lowest BCUT2D eigenvalue weighted by atomic mass is 10.1. The molecule has 0 unspecified atom stereocenters. The van der Waals surface area contributed by atoms with E-state index in [1.54, 1.807) is 24.4 Å². The molecule has 3 amide bonds. The normalized spacial score (nSPS) is 20.2. The highest BCUT2D eigenvalue weighted by molar-refractivity contribution is 6.35. The van der Waals surface area contributed by atoms with Gasteiger partial charge >= 0.3 is 6.03 Å². The summed E-state index contributed by atoms with van der Waals surface area (Å²) in [6.07, 6.45) is 8.56. The van der Waals surface area contributed by atoms with Gasteiger partial charge in [-0.3, -0.25) is 9.69 Å². The number of hydrogen-bond donors (Lipinski definition) is 0. The van der Waals surface area contributed by atoms with E-state index in [4.69, 9.17) is 25.8 Å². The largest absolute Gasteiger partial charge is 0.493 e. The first-order chi connectivity index (χ1) is 20.5. The van der Waals surface area contributed by atoms with Crippen LogP contribution in [0.25, 0.3) is 11.0 Å². The highest BCUT2D eigenvalue weighted by Gasteiger charge is 2.41. The van der Waals surface area contributed by atoms with E-state index >= 15 is 0 Å². The summed E-state index contributed by atoms with van der Waals surface area (Å²) in [5, 5.41) is 1.30. The molecule has 11 heteroatoms. The summed E-state index contributed by atoms with van der Waals surface area (Å²) < 4.78 is 19.0. The number of hydrogen-bond acceptors (Lipinski definition) is 6. The number of morpholine rings is 1. The van der Waals surface area contributed by atoms with Crippen LogP contribution >= 0.6 is 11.6 Å². The minimum Gasteiger partial charge on any atom is -0.493 e. The molecule has 0 N–H and O–H groups in total. The van der Waals surface area contributed by atoms with Crippen molar-refractivity contribution >= 4 is 40.3 Å². The molecule has 3 aliphatic heterocycles. The lowest BCUT2D eigenvalue weighted by Crippen LogP contribution is -2.49. The van der Waals surface area contributed by atoms with E-state index < -0.39 is 0 Å². The van der Waals surface area contributed by atoms with Gasteiger partial charge in [-0.15, -0.1) is 0 Å². The van der Waals surface area contributed by atoms with Gasteiger partial charge in [0.05, 0.1) is 37.5 Å². The Kier molecular flexibility index (Phi) is 8.44. The standard InChI is InChI=1S/C31H38ClN5O5/c1-3-4-5-13-41-27-15-22(7-8-26(27)40-2)36-12-6-11-34(31(36)39)16-21-9-10-33-30-29(21)25(32)18-35(30)19-28(38)37-17-24-14-23(37)20-42-24/h7-10,15,18,23-24H,3-6,11-14,16-17,19-20H2,1-2H3/t23-,24-/m1/s1. The summed E-state index contributed by atoms with van der Waals surface area (Å²) in [7, 11) is 1.62. The molecule has 5 heterocycles. The number of benzene rings is 1. The van der Waals surface area contributed by atoms with Crippen molar-refractivity contribution in [3.63, 3.8) is 0 Å². The number of pyridine rings is 1. The van der Waals surface area contributed by atoms with E-state index in [0.29, 0.717) is 61.6 Å². The minimum absolute atomic E-state index is 0.0432. The fraction of sp³-hybridized carbons (Fsp3) is 0.516. The van der Waals surface area contributed by atoms with Crippen molar-refractivity contribution in [2.45, 2.75) is 64.3 Å². The molecule has 10 nitrogen and oxygen atoms in total. The number of likely N-dealkylation sites (tertiary alicyclic amines) is 1. The molecule has 2 bridgehead atoms. The van der Waals surface area contributed by atoms with Gasteiger partial charge in [-0.05, 0) is 43.0 Å². The van der Waals surface area contributed by atoms with Crippen molar-refractivity contribution in [3.8, 4) is 11.5 Å². The molecule has 2 atom stereocenters. The second-order valence-electron chi connectivity index (χ2n) is 11.3. The van der Waals surface area contributed by atoms with E-state index in [9.17, 15) is 9.59 Å². The number of carbonyl (C=O) groups is 2. The van der Waals surface area contributed by atoms with Crippen molar-refractivity contribution in [2.75, 3.05) is 44.9 Å². The zero-order valence-corrected chi connectivity index (χ0v) is 25.0. The highest BCUT2D eigenvalue weighted by Crippen LogP contribution is 2.35. The topological polar surface area (TPSA) is 89.4 Å². The van der Waals surface area contributed by atoms with E-state index in [-0.39, 0.29) is 30.6 Å². The summed E-state index contributed by atoms with van der Waals surface area (Å²) in [5.41, 5.74) is 2.32. The molecule has 1 aromatic carbocycles. The molecule has 3 aliphatic rings. The number of carbonyl (C=O) groups excluding carboxylic acids is 2. The van der Waals surface area contributed by atoms with Gasteiger partial charge in [0.1, 0.15) is 12.2 Å².